The Morgan fingerprint density at radius 2 is 1.92 bits per heavy atom. The minimum absolute atomic E-state index is 0.0423. The first-order valence-electron chi connectivity index (χ1n) is 7.78. The quantitative estimate of drug-likeness (QED) is 0.591. The van der Waals surface area contributed by atoms with Crippen molar-refractivity contribution in [2.24, 2.45) is 0 Å². The van der Waals surface area contributed by atoms with Gasteiger partial charge < -0.3 is 10.3 Å². The number of aromatic amines is 1. The van der Waals surface area contributed by atoms with Gasteiger partial charge in [-0.3, -0.25) is 9.59 Å². The summed E-state index contributed by atoms with van der Waals surface area (Å²) in [4.78, 5) is 27.1. The number of hydrogen-bond donors (Lipinski definition) is 2. The second-order valence-corrected chi connectivity index (χ2v) is 6.28. The molecule has 0 atom stereocenters. The number of H-pyrrole nitrogens is 1. The van der Waals surface area contributed by atoms with Crippen molar-refractivity contribution in [1.82, 2.24) is 19.0 Å². The molecule has 0 bridgehead atoms. The molecule has 0 saturated heterocycles. The van der Waals surface area contributed by atoms with Crippen molar-refractivity contribution in [2.75, 3.05) is 0 Å². The Morgan fingerprint density at radius 1 is 1.08 bits per heavy atom. The minimum atomic E-state index is -0.233. The largest absolute Gasteiger partial charge is 0.352 e. The van der Waals surface area contributed by atoms with E-state index in [9.17, 15) is 9.59 Å². The molecular formula is C18H14N4O2S. The second-order valence-electron chi connectivity index (χ2n) is 5.75. The maximum atomic E-state index is 12.2. The van der Waals surface area contributed by atoms with E-state index in [1.165, 1.54) is 0 Å². The number of nitrogens with zero attached hydrogens (tertiary/aromatic N) is 2. The van der Waals surface area contributed by atoms with E-state index in [0.29, 0.717) is 12.1 Å². The third-order valence-corrected chi connectivity index (χ3v) is 4.55. The smallest absolute Gasteiger partial charge is 0.252 e. The third-order valence-electron chi connectivity index (χ3n) is 3.99. The molecule has 2 N–H and O–H groups in total. The van der Waals surface area contributed by atoms with E-state index in [0.717, 1.165) is 39.2 Å². The SMILES string of the molecule is O=C(Cc1cc2ccccc2[nH]c1=O)NCc1ccc2nsnc2c1. The van der Waals surface area contributed by atoms with Gasteiger partial charge in [0.1, 0.15) is 11.0 Å². The first-order valence-corrected chi connectivity index (χ1v) is 8.51. The zero-order chi connectivity index (χ0) is 17.2. The molecule has 0 unspecified atom stereocenters. The highest BCUT2D eigenvalue weighted by Crippen LogP contribution is 2.13. The van der Waals surface area contributed by atoms with Gasteiger partial charge in [-0.25, -0.2) is 0 Å². The van der Waals surface area contributed by atoms with Crippen molar-refractivity contribution in [3.8, 4) is 0 Å². The number of amides is 1. The molecule has 0 fully saturated rings. The molecular weight excluding hydrogens is 336 g/mol. The maximum absolute atomic E-state index is 12.2. The van der Waals surface area contributed by atoms with Crippen molar-refractivity contribution in [2.45, 2.75) is 13.0 Å². The molecule has 0 aliphatic rings. The number of carbonyl (C=O) groups excluding carboxylic acids is 1. The normalized spacial score (nSPS) is 11.0. The van der Waals surface area contributed by atoms with Crippen LogP contribution < -0.4 is 10.9 Å². The van der Waals surface area contributed by atoms with Crippen molar-refractivity contribution < 1.29 is 4.79 Å². The van der Waals surface area contributed by atoms with Crippen LogP contribution in [0.1, 0.15) is 11.1 Å². The molecule has 6 nitrogen and oxygen atoms in total. The second kappa shape index (κ2) is 6.45. The molecule has 1 amide bonds. The average Bonchev–Trinajstić information content (AvgIpc) is 3.08. The predicted octanol–water partition coefficient (Wildman–Crippen LogP) is 2.39. The molecule has 4 aromatic rings. The molecule has 0 radical (unpaired) electrons. The van der Waals surface area contributed by atoms with Crippen LogP contribution in [-0.2, 0) is 17.8 Å². The Bertz CT molecular complexity index is 1130. The van der Waals surface area contributed by atoms with Gasteiger partial charge in [-0.1, -0.05) is 24.3 Å². The van der Waals surface area contributed by atoms with Gasteiger partial charge in [0.15, 0.2) is 0 Å². The molecule has 124 valence electrons. The van der Waals surface area contributed by atoms with E-state index in [1.807, 2.05) is 42.5 Å². The Hall–Kier alpha value is -3.06. The number of hydrogen-bond acceptors (Lipinski definition) is 5. The van der Waals surface area contributed by atoms with Crippen LogP contribution in [-0.4, -0.2) is 19.6 Å². The predicted molar refractivity (Wildman–Crippen MR) is 97.5 cm³/mol. The molecule has 7 heteroatoms. The molecule has 2 heterocycles. The maximum Gasteiger partial charge on any atom is 0.252 e. The molecule has 0 aliphatic heterocycles. The fourth-order valence-corrected chi connectivity index (χ4v) is 3.22. The first kappa shape index (κ1) is 15.5. The summed E-state index contributed by atoms with van der Waals surface area (Å²) in [6.07, 6.45) is 0.0423. The van der Waals surface area contributed by atoms with E-state index in [2.05, 4.69) is 19.0 Å². The molecule has 2 aromatic heterocycles. The van der Waals surface area contributed by atoms with Crippen LogP contribution in [0.2, 0.25) is 0 Å². The van der Waals surface area contributed by atoms with Crippen molar-refractivity contribution in [3.63, 3.8) is 0 Å². The van der Waals surface area contributed by atoms with Crippen LogP contribution >= 0.6 is 11.7 Å². The fourth-order valence-electron chi connectivity index (χ4n) is 2.70. The van der Waals surface area contributed by atoms with E-state index in [-0.39, 0.29) is 17.9 Å². The number of benzene rings is 2. The topological polar surface area (TPSA) is 87.7 Å². The van der Waals surface area contributed by atoms with Crippen LogP contribution in [0.15, 0.2) is 53.3 Å². The molecule has 25 heavy (non-hydrogen) atoms. The number of aromatic nitrogens is 3. The van der Waals surface area contributed by atoms with E-state index < -0.39 is 0 Å². The summed E-state index contributed by atoms with van der Waals surface area (Å²) in [7, 11) is 0. The highest BCUT2D eigenvalue weighted by atomic mass is 32.1. The molecule has 4 rings (SSSR count). The zero-order valence-corrected chi connectivity index (χ0v) is 14.0. The number of para-hydroxylation sites is 1. The van der Waals surface area contributed by atoms with E-state index in [1.54, 1.807) is 6.07 Å². The van der Waals surface area contributed by atoms with Gasteiger partial charge >= 0.3 is 0 Å². The Kier molecular flexibility index (Phi) is 3.99. The van der Waals surface area contributed by atoms with Gasteiger partial charge in [-0.05, 0) is 35.2 Å². The van der Waals surface area contributed by atoms with E-state index >= 15 is 0 Å². The molecule has 0 aliphatic carbocycles. The summed E-state index contributed by atoms with van der Waals surface area (Å²) in [6.45, 7) is 0.387. The number of nitrogens with one attached hydrogen (secondary N) is 2. The summed E-state index contributed by atoms with van der Waals surface area (Å²) in [6, 6.07) is 15.0. The summed E-state index contributed by atoms with van der Waals surface area (Å²) >= 11 is 1.16. The lowest BCUT2D eigenvalue weighted by atomic mass is 10.1. The van der Waals surface area contributed by atoms with Gasteiger partial charge in [0.25, 0.3) is 5.56 Å². The lowest BCUT2D eigenvalue weighted by molar-refractivity contribution is -0.120. The first-order chi connectivity index (χ1) is 12.2. The van der Waals surface area contributed by atoms with Crippen LogP contribution in [0.5, 0.6) is 0 Å². The lowest BCUT2D eigenvalue weighted by Gasteiger charge is -2.06. The van der Waals surface area contributed by atoms with Gasteiger partial charge in [-0.15, -0.1) is 0 Å². The highest BCUT2D eigenvalue weighted by Gasteiger charge is 2.09. The van der Waals surface area contributed by atoms with Gasteiger partial charge in [0, 0.05) is 17.6 Å². The van der Waals surface area contributed by atoms with Gasteiger partial charge in [-0.2, -0.15) is 8.75 Å². The highest BCUT2D eigenvalue weighted by molar-refractivity contribution is 7.00. The summed E-state index contributed by atoms with van der Waals surface area (Å²) < 4.78 is 8.34. The molecule has 0 spiro atoms. The van der Waals surface area contributed by atoms with Gasteiger partial charge in [0.2, 0.25) is 5.91 Å². The van der Waals surface area contributed by atoms with Crippen LogP contribution in [0.3, 0.4) is 0 Å². The molecule has 2 aromatic carbocycles. The molecule has 0 saturated carbocycles. The van der Waals surface area contributed by atoms with E-state index in [4.69, 9.17) is 0 Å². The summed E-state index contributed by atoms with van der Waals surface area (Å²) in [5, 5.41) is 3.75. The van der Waals surface area contributed by atoms with Crippen LogP contribution in [0, 0.1) is 0 Å². The number of fused-ring (bicyclic) bond motifs is 2. The van der Waals surface area contributed by atoms with Crippen molar-refractivity contribution in [3.05, 3.63) is 70.0 Å². The number of rotatable bonds is 4. The fraction of sp³-hybridized carbons (Fsp3) is 0.111. The number of pyridine rings is 1. The minimum Gasteiger partial charge on any atom is -0.352 e. The third kappa shape index (κ3) is 3.27. The zero-order valence-electron chi connectivity index (χ0n) is 13.2. The van der Waals surface area contributed by atoms with Crippen LogP contribution in [0.4, 0.5) is 0 Å². The average molecular weight is 350 g/mol. The Labute approximate surface area is 146 Å². The Morgan fingerprint density at radius 3 is 2.84 bits per heavy atom. The summed E-state index contributed by atoms with van der Waals surface area (Å²) in [5.41, 5.74) is 3.60. The lowest BCUT2D eigenvalue weighted by Crippen LogP contribution is -2.27. The Balaban J connectivity index is 1.46. The number of carbonyl (C=O) groups is 1. The van der Waals surface area contributed by atoms with Crippen molar-refractivity contribution >= 4 is 39.6 Å². The van der Waals surface area contributed by atoms with Gasteiger partial charge in [0.05, 0.1) is 18.1 Å². The standard InChI is InChI=1S/C18H14N4O2S/c23-17(19-10-11-5-6-15-16(7-11)22-25-21-15)9-13-8-12-3-1-2-4-14(12)20-18(13)24/h1-8H,9-10H2,(H,19,23)(H,20,24). The van der Waals surface area contributed by atoms with Crippen LogP contribution in [0.25, 0.3) is 21.9 Å². The summed E-state index contributed by atoms with van der Waals surface area (Å²) in [5.74, 6) is -0.197. The van der Waals surface area contributed by atoms with Crippen molar-refractivity contribution in [1.29, 1.82) is 0 Å². The monoisotopic (exact) mass is 350 g/mol.